The van der Waals surface area contributed by atoms with Gasteiger partial charge in [0.15, 0.2) is 23.0 Å². The van der Waals surface area contributed by atoms with Crippen molar-refractivity contribution in [2.75, 3.05) is 35.0 Å². The van der Waals surface area contributed by atoms with Gasteiger partial charge in [-0.2, -0.15) is 0 Å². The number of phenolic OH excluding ortho intramolecular Hbond substituents is 1. The van der Waals surface area contributed by atoms with E-state index in [-0.39, 0.29) is 11.8 Å². The van der Waals surface area contributed by atoms with Crippen molar-refractivity contribution in [2.24, 2.45) is 0 Å². The highest BCUT2D eigenvalue weighted by atomic mass is 16.5. The summed E-state index contributed by atoms with van der Waals surface area (Å²) in [5, 5.41) is 10.3. The largest absolute Gasteiger partial charge is 0.504 e. The van der Waals surface area contributed by atoms with Crippen molar-refractivity contribution in [1.82, 2.24) is 4.90 Å². The zero-order chi connectivity index (χ0) is 19.8. The maximum absolute atomic E-state index is 10.3. The Bertz CT molecular complexity index is 895. The average Bonchev–Trinajstić information content (AvgIpc) is 2.90. The van der Waals surface area contributed by atoms with Gasteiger partial charge in [-0.15, -0.1) is 0 Å². The minimum Gasteiger partial charge on any atom is -0.504 e. The molecule has 6 heteroatoms. The van der Waals surface area contributed by atoms with E-state index >= 15 is 0 Å². The molecule has 4 rings (SSSR count). The van der Waals surface area contributed by atoms with Gasteiger partial charge >= 0.3 is 0 Å². The Kier molecular flexibility index (Phi) is 4.98. The van der Waals surface area contributed by atoms with E-state index in [2.05, 4.69) is 11.0 Å². The van der Waals surface area contributed by atoms with Crippen LogP contribution in [0, 0.1) is 0 Å². The van der Waals surface area contributed by atoms with Gasteiger partial charge in [-0.05, 0) is 54.2 Å². The van der Waals surface area contributed by atoms with Gasteiger partial charge in [-0.3, -0.25) is 4.90 Å². The summed E-state index contributed by atoms with van der Waals surface area (Å²) in [5.41, 5.74) is 4.83. The van der Waals surface area contributed by atoms with Gasteiger partial charge in [0.05, 0.1) is 28.4 Å². The number of rotatable bonds is 4. The van der Waals surface area contributed by atoms with Crippen LogP contribution in [0.25, 0.3) is 0 Å². The number of ether oxygens (including phenoxy) is 4. The summed E-state index contributed by atoms with van der Waals surface area (Å²) in [6.07, 6.45) is 2.79. The van der Waals surface area contributed by atoms with E-state index in [0.29, 0.717) is 17.2 Å². The van der Waals surface area contributed by atoms with E-state index in [1.807, 2.05) is 12.1 Å². The Balaban J connectivity index is 1.76. The molecule has 2 aliphatic heterocycles. The Morgan fingerprint density at radius 2 is 1.57 bits per heavy atom. The Morgan fingerprint density at radius 3 is 2.25 bits per heavy atom. The summed E-state index contributed by atoms with van der Waals surface area (Å²) < 4.78 is 22.2. The molecular formula is C22H27NO5. The number of phenols is 1. The van der Waals surface area contributed by atoms with Crippen LogP contribution in [0.4, 0.5) is 0 Å². The van der Waals surface area contributed by atoms with Crippen LogP contribution in [-0.4, -0.2) is 45.0 Å². The van der Waals surface area contributed by atoms with Crippen molar-refractivity contribution in [3.05, 3.63) is 40.5 Å². The number of aromatic hydroxyl groups is 1. The average molecular weight is 385 g/mol. The Labute approximate surface area is 165 Å². The van der Waals surface area contributed by atoms with Crippen molar-refractivity contribution >= 4 is 0 Å². The van der Waals surface area contributed by atoms with Crippen molar-refractivity contribution in [3.63, 3.8) is 0 Å². The van der Waals surface area contributed by atoms with Crippen LogP contribution in [0.1, 0.15) is 34.7 Å². The fourth-order valence-corrected chi connectivity index (χ4v) is 4.62. The number of hydrogen-bond acceptors (Lipinski definition) is 6. The van der Waals surface area contributed by atoms with E-state index in [1.165, 1.54) is 16.7 Å². The van der Waals surface area contributed by atoms with Gasteiger partial charge in [-0.25, -0.2) is 0 Å². The Hall–Kier alpha value is -2.60. The SMILES string of the molecule is COc1cc2c(cc1O)C1CCc3cc(OC)c(OC)c(OC)c3CN1CC2. The standard InChI is InChI=1S/C22H27NO5/c1-25-19-9-14-7-8-23-12-16-13(5-6-17(23)15(14)11-18(19)24)10-20(26-2)22(28-4)21(16)27-3/h9-11,17,24H,5-8,12H2,1-4H3. The second kappa shape index (κ2) is 7.43. The van der Waals surface area contributed by atoms with Crippen LogP contribution in [0.5, 0.6) is 28.7 Å². The summed E-state index contributed by atoms with van der Waals surface area (Å²) in [6, 6.07) is 6.17. The molecule has 0 radical (unpaired) electrons. The van der Waals surface area contributed by atoms with E-state index in [9.17, 15) is 5.11 Å². The summed E-state index contributed by atoms with van der Waals surface area (Å²) in [5.74, 6) is 2.83. The van der Waals surface area contributed by atoms with Crippen LogP contribution in [0.15, 0.2) is 18.2 Å². The second-order valence-electron chi connectivity index (χ2n) is 7.28. The number of methoxy groups -OCH3 is 4. The molecule has 2 aromatic rings. The maximum Gasteiger partial charge on any atom is 0.203 e. The van der Waals surface area contributed by atoms with Crippen LogP contribution < -0.4 is 18.9 Å². The summed E-state index contributed by atoms with van der Waals surface area (Å²) in [4.78, 5) is 2.47. The molecule has 0 aliphatic carbocycles. The highest BCUT2D eigenvalue weighted by Crippen LogP contribution is 2.47. The Morgan fingerprint density at radius 1 is 0.857 bits per heavy atom. The molecule has 0 bridgehead atoms. The molecule has 2 aliphatic rings. The van der Waals surface area contributed by atoms with E-state index in [1.54, 1.807) is 28.4 Å². The molecular weight excluding hydrogens is 358 g/mol. The molecule has 1 atom stereocenters. The van der Waals surface area contributed by atoms with Crippen LogP contribution >= 0.6 is 0 Å². The highest BCUT2D eigenvalue weighted by Gasteiger charge is 2.33. The number of nitrogens with zero attached hydrogens (tertiary/aromatic N) is 1. The zero-order valence-corrected chi connectivity index (χ0v) is 16.9. The third-order valence-electron chi connectivity index (χ3n) is 5.98. The molecule has 0 saturated heterocycles. The van der Waals surface area contributed by atoms with Gasteiger partial charge in [0.25, 0.3) is 0 Å². The van der Waals surface area contributed by atoms with Crippen molar-refractivity contribution in [2.45, 2.75) is 31.8 Å². The van der Waals surface area contributed by atoms with E-state index < -0.39 is 0 Å². The first kappa shape index (κ1) is 18.7. The lowest BCUT2D eigenvalue weighted by atomic mass is 9.89. The minimum atomic E-state index is 0.200. The van der Waals surface area contributed by atoms with Gasteiger partial charge in [-0.1, -0.05) is 0 Å². The first-order chi connectivity index (χ1) is 13.6. The molecule has 0 spiro atoms. The maximum atomic E-state index is 10.3. The van der Waals surface area contributed by atoms with Gasteiger partial charge < -0.3 is 24.1 Å². The fraction of sp³-hybridized carbons (Fsp3) is 0.455. The lowest BCUT2D eigenvalue weighted by molar-refractivity contribution is 0.171. The molecule has 2 heterocycles. The van der Waals surface area contributed by atoms with E-state index in [0.717, 1.165) is 43.7 Å². The molecule has 28 heavy (non-hydrogen) atoms. The van der Waals surface area contributed by atoms with Crippen LogP contribution in [-0.2, 0) is 19.4 Å². The topological polar surface area (TPSA) is 60.4 Å². The fourth-order valence-electron chi connectivity index (χ4n) is 4.62. The minimum absolute atomic E-state index is 0.200. The van der Waals surface area contributed by atoms with Crippen LogP contribution in [0.3, 0.4) is 0 Å². The number of fused-ring (bicyclic) bond motifs is 4. The van der Waals surface area contributed by atoms with Gasteiger partial charge in [0, 0.05) is 24.7 Å². The third kappa shape index (κ3) is 2.92. The van der Waals surface area contributed by atoms with Crippen LogP contribution in [0.2, 0.25) is 0 Å². The first-order valence-electron chi connectivity index (χ1n) is 9.55. The number of aryl methyl sites for hydroxylation is 1. The number of hydrogen-bond donors (Lipinski definition) is 1. The molecule has 0 fully saturated rings. The van der Waals surface area contributed by atoms with Gasteiger partial charge in [0.2, 0.25) is 5.75 Å². The smallest absolute Gasteiger partial charge is 0.203 e. The number of benzene rings is 2. The summed E-state index contributed by atoms with van der Waals surface area (Å²) in [7, 11) is 6.55. The highest BCUT2D eigenvalue weighted by molar-refractivity contribution is 5.60. The quantitative estimate of drug-likeness (QED) is 0.870. The first-order valence-corrected chi connectivity index (χ1v) is 9.55. The van der Waals surface area contributed by atoms with Gasteiger partial charge in [0.1, 0.15) is 0 Å². The molecule has 2 aromatic carbocycles. The normalized spacial score (nSPS) is 18.4. The second-order valence-corrected chi connectivity index (χ2v) is 7.28. The molecule has 0 amide bonds. The van der Waals surface area contributed by atoms with Crippen molar-refractivity contribution in [3.8, 4) is 28.7 Å². The van der Waals surface area contributed by atoms with Crippen molar-refractivity contribution in [1.29, 1.82) is 0 Å². The zero-order valence-electron chi connectivity index (χ0n) is 16.9. The summed E-state index contributed by atoms with van der Waals surface area (Å²) >= 11 is 0. The lowest BCUT2D eigenvalue weighted by Gasteiger charge is -2.36. The predicted molar refractivity (Wildman–Crippen MR) is 106 cm³/mol. The summed E-state index contributed by atoms with van der Waals surface area (Å²) in [6.45, 7) is 1.72. The molecule has 0 saturated carbocycles. The molecule has 150 valence electrons. The molecule has 1 N–H and O–H groups in total. The van der Waals surface area contributed by atoms with Crippen molar-refractivity contribution < 1.29 is 24.1 Å². The molecule has 0 aromatic heterocycles. The third-order valence-corrected chi connectivity index (χ3v) is 5.98. The molecule has 1 unspecified atom stereocenters. The molecule has 6 nitrogen and oxygen atoms in total. The van der Waals surface area contributed by atoms with E-state index in [4.69, 9.17) is 18.9 Å². The predicted octanol–water partition coefficient (Wildman–Crippen LogP) is 3.47. The monoisotopic (exact) mass is 385 g/mol. The lowest BCUT2D eigenvalue weighted by Crippen LogP contribution is -2.34.